The van der Waals surface area contributed by atoms with Crippen LogP contribution in [-0.2, 0) is 0 Å². The lowest BCUT2D eigenvalue weighted by Gasteiger charge is -2.04. The van der Waals surface area contributed by atoms with E-state index in [2.05, 4.69) is 10.6 Å². The Kier molecular flexibility index (Phi) is 3.75. The predicted octanol–water partition coefficient (Wildman–Crippen LogP) is 1.62. The van der Waals surface area contributed by atoms with Crippen molar-refractivity contribution in [2.75, 3.05) is 13.1 Å². The standard InChI is InChI=1S/C11H16N2OS/c14-11(9-4-7-15-8-9)13-6-1-5-12-10-2-3-10/h4,7-8,10,12H,1-3,5-6H2,(H,13,14). The lowest BCUT2D eigenvalue weighted by Crippen LogP contribution is -2.27. The minimum atomic E-state index is 0.0441. The van der Waals surface area contributed by atoms with Gasteiger partial charge in [-0.25, -0.2) is 0 Å². The summed E-state index contributed by atoms with van der Waals surface area (Å²) in [6.07, 6.45) is 3.65. The smallest absolute Gasteiger partial charge is 0.252 e. The van der Waals surface area contributed by atoms with Gasteiger partial charge >= 0.3 is 0 Å². The van der Waals surface area contributed by atoms with Gasteiger partial charge in [-0.3, -0.25) is 4.79 Å². The molecule has 82 valence electrons. The predicted molar refractivity (Wildman–Crippen MR) is 62.3 cm³/mol. The van der Waals surface area contributed by atoms with E-state index < -0.39 is 0 Å². The van der Waals surface area contributed by atoms with E-state index in [0.717, 1.165) is 31.1 Å². The molecule has 0 aromatic carbocycles. The summed E-state index contributed by atoms with van der Waals surface area (Å²) in [5.74, 6) is 0.0441. The molecule has 0 unspecified atom stereocenters. The monoisotopic (exact) mass is 224 g/mol. The Morgan fingerprint density at radius 3 is 3.00 bits per heavy atom. The molecule has 0 atom stereocenters. The molecule has 0 aliphatic heterocycles. The van der Waals surface area contributed by atoms with E-state index in [9.17, 15) is 4.79 Å². The Morgan fingerprint density at radius 2 is 2.33 bits per heavy atom. The topological polar surface area (TPSA) is 41.1 Å². The van der Waals surface area contributed by atoms with Crippen LogP contribution in [0.1, 0.15) is 29.6 Å². The largest absolute Gasteiger partial charge is 0.352 e. The molecule has 1 aromatic rings. The van der Waals surface area contributed by atoms with Crippen LogP contribution < -0.4 is 10.6 Å². The van der Waals surface area contributed by atoms with Crippen LogP contribution in [-0.4, -0.2) is 25.0 Å². The van der Waals surface area contributed by atoms with Gasteiger partial charge in [0.1, 0.15) is 0 Å². The second-order valence-electron chi connectivity index (χ2n) is 3.85. The van der Waals surface area contributed by atoms with Crippen molar-refractivity contribution in [1.82, 2.24) is 10.6 Å². The maximum atomic E-state index is 11.5. The summed E-state index contributed by atoms with van der Waals surface area (Å²) in [4.78, 5) is 11.5. The number of thiophene rings is 1. The highest BCUT2D eigenvalue weighted by atomic mass is 32.1. The second-order valence-corrected chi connectivity index (χ2v) is 4.63. The van der Waals surface area contributed by atoms with E-state index in [-0.39, 0.29) is 5.91 Å². The molecule has 1 heterocycles. The van der Waals surface area contributed by atoms with Crippen LogP contribution in [0.2, 0.25) is 0 Å². The maximum absolute atomic E-state index is 11.5. The molecule has 0 saturated heterocycles. The number of carbonyl (C=O) groups is 1. The molecule has 15 heavy (non-hydrogen) atoms. The van der Waals surface area contributed by atoms with E-state index in [1.165, 1.54) is 12.8 Å². The normalized spacial score (nSPS) is 15.2. The van der Waals surface area contributed by atoms with Gasteiger partial charge in [-0.15, -0.1) is 0 Å². The van der Waals surface area contributed by atoms with Crippen molar-refractivity contribution >= 4 is 17.2 Å². The zero-order valence-corrected chi connectivity index (χ0v) is 9.48. The van der Waals surface area contributed by atoms with Gasteiger partial charge in [-0.05, 0) is 37.3 Å². The summed E-state index contributed by atoms with van der Waals surface area (Å²) in [5.41, 5.74) is 0.773. The third-order valence-corrected chi connectivity index (χ3v) is 3.12. The number of hydrogen-bond acceptors (Lipinski definition) is 3. The highest BCUT2D eigenvalue weighted by Crippen LogP contribution is 2.18. The zero-order valence-electron chi connectivity index (χ0n) is 8.66. The number of rotatable bonds is 6. The summed E-state index contributed by atoms with van der Waals surface area (Å²) >= 11 is 1.55. The van der Waals surface area contributed by atoms with Gasteiger partial charge in [0.25, 0.3) is 5.91 Å². The molecule has 1 amide bonds. The van der Waals surface area contributed by atoms with Gasteiger partial charge in [-0.1, -0.05) is 0 Å². The van der Waals surface area contributed by atoms with Gasteiger partial charge < -0.3 is 10.6 Å². The molecular weight excluding hydrogens is 208 g/mol. The van der Waals surface area contributed by atoms with Crippen molar-refractivity contribution < 1.29 is 4.79 Å². The van der Waals surface area contributed by atoms with Gasteiger partial charge in [0.05, 0.1) is 0 Å². The molecule has 0 bridgehead atoms. The molecule has 2 rings (SSSR count). The quantitative estimate of drug-likeness (QED) is 0.721. The lowest BCUT2D eigenvalue weighted by molar-refractivity contribution is 0.0953. The maximum Gasteiger partial charge on any atom is 0.252 e. The van der Waals surface area contributed by atoms with Crippen LogP contribution in [0.15, 0.2) is 16.8 Å². The molecule has 3 nitrogen and oxygen atoms in total. The summed E-state index contributed by atoms with van der Waals surface area (Å²) in [6.45, 7) is 1.77. The molecule has 1 aliphatic rings. The van der Waals surface area contributed by atoms with E-state index in [1.807, 2.05) is 16.8 Å². The molecular formula is C11H16N2OS. The first-order chi connectivity index (χ1) is 7.36. The lowest BCUT2D eigenvalue weighted by atomic mass is 10.3. The van der Waals surface area contributed by atoms with E-state index in [0.29, 0.717) is 0 Å². The van der Waals surface area contributed by atoms with Crippen molar-refractivity contribution in [2.45, 2.75) is 25.3 Å². The van der Waals surface area contributed by atoms with Gasteiger partial charge in [0.15, 0.2) is 0 Å². The number of hydrogen-bond donors (Lipinski definition) is 2. The minimum absolute atomic E-state index is 0.0441. The first-order valence-corrected chi connectivity index (χ1v) is 6.34. The summed E-state index contributed by atoms with van der Waals surface area (Å²) in [7, 11) is 0. The summed E-state index contributed by atoms with van der Waals surface area (Å²) in [6, 6.07) is 2.61. The minimum Gasteiger partial charge on any atom is -0.352 e. The van der Waals surface area contributed by atoms with Crippen molar-refractivity contribution in [3.63, 3.8) is 0 Å². The van der Waals surface area contributed by atoms with Crippen molar-refractivity contribution in [1.29, 1.82) is 0 Å². The number of amides is 1. The highest BCUT2D eigenvalue weighted by molar-refractivity contribution is 7.08. The van der Waals surface area contributed by atoms with Crippen LogP contribution in [0.4, 0.5) is 0 Å². The van der Waals surface area contributed by atoms with Crippen LogP contribution >= 0.6 is 11.3 Å². The zero-order chi connectivity index (χ0) is 10.5. The van der Waals surface area contributed by atoms with E-state index >= 15 is 0 Å². The molecule has 0 spiro atoms. The molecule has 1 saturated carbocycles. The Morgan fingerprint density at radius 1 is 1.47 bits per heavy atom. The average molecular weight is 224 g/mol. The first-order valence-electron chi connectivity index (χ1n) is 5.40. The SMILES string of the molecule is O=C(NCCCNC1CC1)c1ccsc1. The van der Waals surface area contributed by atoms with Gasteiger partial charge in [0, 0.05) is 23.5 Å². The van der Waals surface area contributed by atoms with E-state index in [4.69, 9.17) is 0 Å². The molecule has 1 aromatic heterocycles. The van der Waals surface area contributed by atoms with Gasteiger partial charge in [0.2, 0.25) is 0 Å². The van der Waals surface area contributed by atoms with Crippen LogP contribution in [0.5, 0.6) is 0 Å². The van der Waals surface area contributed by atoms with Crippen molar-refractivity contribution in [3.05, 3.63) is 22.4 Å². The average Bonchev–Trinajstić information content (AvgIpc) is 2.90. The van der Waals surface area contributed by atoms with Crippen LogP contribution in [0.25, 0.3) is 0 Å². The fourth-order valence-corrected chi connectivity index (χ4v) is 2.02. The Labute approximate surface area is 93.9 Å². The fraction of sp³-hybridized carbons (Fsp3) is 0.545. The fourth-order valence-electron chi connectivity index (χ4n) is 1.38. The van der Waals surface area contributed by atoms with Crippen molar-refractivity contribution in [3.8, 4) is 0 Å². The Hall–Kier alpha value is -0.870. The third kappa shape index (κ3) is 3.64. The number of carbonyl (C=O) groups excluding carboxylic acids is 1. The van der Waals surface area contributed by atoms with E-state index in [1.54, 1.807) is 11.3 Å². The first kappa shape index (κ1) is 10.6. The molecule has 4 heteroatoms. The Bertz CT molecular complexity index is 306. The summed E-state index contributed by atoms with van der Waals surface area (Å²) < 4.78 is 0. The molecule has 2 N–H and O–H groups in total. The molecule has 1 fully saturated rings. The number of nitrogens with one attached hydrogen (secondary N) is 2. The molecule has 0 radical (unpaired) electrons. The van der Waals surface area contributed by atoms with Crippen LogP contribution in [0.3, 0.4) is 0 Å². The molecule has 1 aliphatic carbocycles. The van der Waals surface area contributed by atoms with Crippen molar-refractivity contribution in [2.24, 2.45) is 0 Å². The van der Waals surface area contributed by atoms with Crippen LogP contribution in [0, 0.1) is 0 Å². The Balaban J connectivity index is 1.55. The summed E-state index contributed by atoms with van der Waals surface area (Å²) in [5, 5.41) is 10.1. The highest BCUT2D eigenvalue weighted by Gasteiger charge is 2.19. The van der Waals surface area contributed by atoms with Gasteiger partial charge in [-0.2, -0.15) is 11.3 Å². The second kappa shape index (κ2) is 5.28. The third-order valence-electron chi connectivity index (χ3n) is 2.43.